The van der Waals surface area contributed by atoms with Crippen LogP contribution in [0.15, 0.2) is 59.0 Å². The molecule has 3 aromatic rings. The number of benzene rings is 2. The highest BCUT2D eigenvalue weighted by molar-refractivity contribution is 5.76. The topological polar surface area (TPSA) is 86.5 Å². The molecule has 1 unspecified atom stereocenters. The third-order valence-electron chi connectivity index (χ3n) is 4.26. The molecule has 1 aromatic heterocycles. The lowest BCUT2D eigenvalue weighted by atomic mass is 10.1. The molecule has 1 amide bonds. The molecule has 1 atom stereocenters. The van der Waals surface area contributed by atoms with Gasteiger partial charge in [-0.05, 0) is 23.3 Å². The summed E-state index contributed by atoms with van der Waals surface area (Å²) in [5.41, 5.74) is 1.93. The van der Waals surface area contributed by atoms with Gasteiger partial charge in [-0.3, -0.25) is 4.79 Å². The number of carbonyl (C=O) groups is 1. The van der Waals surface area contributed by atoms with E-state index in [4.69, 9.17) is 13.9 Å². The van der Waals surface area contributed by atoms with Crippen molar-refractivity contribution in [1.82, 2.24) is 15.5 Å². The van der Waals surface area contributed by atoms with Crippen LogP contribution in [0.2, 0.25) is 0 Å². The van der Waals surface area contributed by atoms with E-state index < -0.39 is 6.10 Å². The van der Waals surface area contributed by atoms with Gasteiger partial charge in [-0.15, -0.1) is 10.2 Å². The third-order valence-corrected chi connectivity index (χ3v) is 4.26. The van der Waals surface area contributed by atoms with E-state index in [1.807, 2.05) is 54.6 Å². The molecular formula is C21H23N3O4. The Morgan fingerprint density at radius 3 is 2.50 bits per heavy atom. The first-order valence-electron chi connectivity index (χ1n) is 8.99. The van der Waals surface area contributed by atoms with Crippen LogP contribution in [-0.4, -0.2) is 30.3 Å². The number of hydrogen-bond acceptors (Lipinski definition) is 6. The van der Waals surface area contributed by atoms with Gasteiger partial charge in [0.05, 0.1) is 7.11 Å². The third kappa shape index (κ3) is 5.17. The molecule has 2 aromatic carbocycles. The second-order valence-corrected chi connectivity index (χ2v) is 6.19. The minimum absolute atomic E-state index is 0.0816. The standard InChI is InChI=1S/C21H23N3O4/c1-26-17-10-8-15(9-11-17)14-22-18(25)12-13-19-23-24-21(28-19)20(27-2)16-6-4-3-5-7-16/h3-11,20H,12-14H2,1-2H3,(H,22,25). The van der Waals surface area contributed by atoms with Crippen LogP contribution >= 0.6 is 0 Å². The molecule has 0 aliphatic heterocycles. The molecule has 3 rings (SSSR count). The monoisotopic (exact) mass is 381 g/mol. The van der Waals surface area contributed by atoms with Crippen molar-refractivity contribution in [1.29, 1.82) is 0 Å². The van der Waals surface area contributed by atoms with E-state index in [1.165, 1.54) is 0 Å². The fourth-order valence-corrected chi connectivity index (χ4v) is 2.73. The van der Waals surface area contributed by atoms with Gasteiger partial charge < -0.3 is 19.2 Å². The van der Waals surface area contributed by atoms with Gasteiger partial charge in [0.15, 0.2) is 6.10 Å². The minimum atomic E-state index is -0.425. The maximum Gasteiger partial charge on any atom is 0.249 e. The van der Waals surface area contributed by atoms with Crippen molar-refractivity contribution in [3.05, 3.63) is 77.5 Å². The summed E-state index contributed by atoms with van der Waals surface area (Å²) in [6.45, 7) is 0.456. The normalized spacial score (nSPS) is 11.8. The van der Waals surface area contributed by atoms with Gasteiger partial charge in [0.1, 0.15) is 5.75 Å². The molecule has 0 radical (unpaired) electrons. The maximum absolute atomic E-state index is 12.1. The summed E-state index contributed by atoms with van der Waals surface area (Å²) in [5, 5.41) is 11.0. The van der Waals surface area contributed by atoms with E-state index in [9.17, 15) is 4.79 Å². The fourth-order valence-electron chi connectivity index (χ4n) is 2.73. The number of nitrogens with zero attached hydrogens (tertiary/aromatic N) is 2. The van der Waals surface area contributed by atoms with Gasteiger partial charge in [-0.2, -0.15) is 0 Å². The van der Waals surface area contributed by atoms with E-state index in [-0.39, 0.29) is 12.3 Å². The Labute approximate surface area is 163 Å². The van der Waals surface area contributed by atoms with Gasteiger partial charge in [0.25, 0.3) is 0 Å². The number of amides is 1. The lowest BCUT2D eigenvalue weighted by Crippen LogP contribution is -2.23. The molecule has 0 spiro atoms. The molecule has 7 heteroatoms. The number of rotatable bonds is 9. The SMILES string of the molecule is COc1ccc(CNC(=O)CCc2nnc(C(OC)c3ccccc3)o2)cc1. The van der Waals surface area contributed by atoms with Gasteiger partial charge in [-0.25, -0.2) is 0 Å². The highest BCUT2D eigenvalue weighted by Crippen LogP contribution is 2.24. The van der Waals surface area contributed by atoms with Crippen molar-refractivity contribution in [3.63, 3.8) is 0 Å². The van der Waals surface area contributed by atoms with Crippen molar-refractivity contribution in [2.75, 3.05) is 14.2 Å². The number of ether oxygens (including phenoxy) is 2. The first kappa shape index (κ1) is 19.6. The van der Waals surface area contributed by atoms with Crippen LogP contribution in [0.1, 0.15) is 35.4 Å². The van der Waals surface area contributed by atoms with E-state index >= 15 is 0 Å². The summed E-state index contributed by atoms with van der Waals surface area (Å²) in [5.74, 6) is 1.49. The van der Waals surface area contributed by atoms with Crippen molar-refractivity contribution in [3.8, 4) is 5.75 Å². The Bertz CT molecular complexity index is 878. The lowest BCUT2D eigenvalue weighted by molar-refractivity contribution is -0.121. The molecule has 146 valence electrons. The molecule has 28 heavy (non-hydrogen) atoms. The van der Waals surface area contributed by atoms with E-state index in [0.29, 0.717) is 24.7 Å². The Kier molecular flexibility index (Phi) is 6.75. The molecular weight excluding hydrogens is 358 g/mol. The summed E-state index contributed by atoms with van der Waals surface area (Å²) >= 11 is 0. The number of methoxy groups -OCH3 is 2. The predicted octanol–water partition coefficient (Wildman–Crippen LogP) is 3.06. The number of aromatic nitrogens is 2. The van der Waals surface area contributed by atoms with Crippen LogP contribution in [-0.2, 0) is 22.5 Å². The summed E-state index contributed by atoms with van der Waals surface area (Å²) in [7, 11) is 3.21. The first-order chi connectivity index (χ1) is 13.7. The molecule has 1 N–H and O–H groups in total. The van der Waals surface area contributed by atoms with Crippen LogP contribution in [0.25, 0.3) is 0 Å². The molecule has 0 aliphatic rings. The molecule has 7 nitrogen and oxygen atoms in total. The van der Waals surface area contributed by atoms with Crippen molar-refractivity contribution in [2.24, 2.45) is 0 Å². The van der Waals surface area contributed by atoms with Gasteiger partial charge >= 0.3 is 0 Å². The first-order valence-corrected chi connectivity index (χ1v) is 8.99. The van der Waals surface area contributed by atoms with Crippen LogP contribution in [0, 0.1) is 0 Å². The number of carbonyl (C=O) groups excluding carboxylic acids is 1. The fraction of sp³-hybridized carbons (Fsp3) is 0.286. The van der Waals surface area contributed by atoms with Gasteiger partial charge in [0.2, 0.25) is 17.7 Å². The molecule has 1 heterocycles. The average molecular weight is 381 g/mol. The summed E-state index contributed by atoms with van der Waals surface area (Å²) in [6, 6.07) is 17.2. The Balaban J connectivity index is 1.50. The molecule has 0 saturated carbocycles. The average Bonchev–Trinajstić information content (AvgIpc) is 3.21. The Morgan fingerprint density at radius 1 is 1.07 bits per heavy atom. The number of nitrogens with one attached hydrogen (secondary N) is 1. The number of aryl methyl sites for hydroxylation is 1. The predicted molar refractivity (Wildman–Crippen MR) is 103 cm³/mol. The summed E-state index contributed by atoms with van der Waals surface area (Å²) in [6.07, 6.45) is 0.208. The highest BCUT2D eigenvalue weighted by atomic mass is 16.5. The Morgan fingerprint density at radius 2 is 1.82 bits per heavy atom. The smallest absolute Gasteiger partial charge is 0.249 e. The highest BCUT2D eigenvalue weighted by Gasteiger charge is 2.20. The van der Waals surface area contributed by atoms with Crippen LogP contribution in [0.3, 0.4) is 0 Å². The molecule has 0 fully saturated rings. The minimum Gasteiger partial charge on any atom is -0.497 e. The lowest BCUT2D eigenvalue weighted by Gasteiger charge is -2.10. The summed E-state index contributed by atoms with van der Waals surface area (Å²) in [4.78, 5) is 12.1. The van der Waals surface area contributed by atoms with E-state index in [0.717, 1.165) is 16.9 Å². The van der Waals surface area contributed by atoms with Gasteiger partial charge in [0, 0.05) is 26.5 Å². The second-order valence-electron chi connectivity index (χ2n) is 6.19. The van der Waals surface area contributed by atoms with Crippen LogP contribution < -0.4 is 10.1 Å². The van der Waals surface area contributed by atoms with Crippen LogP contribution in [0.5, 0.6) is 5.75 Å². The van der Waals surface area contributed by atoms with Gasteiger partial charge in [-0.1, -0.05) is 42.5 Å². The van der Waals surface area contributed by atoms with Crippen molar-refractivity contribution >= 4 is 5.91 Å². The van der Waals surface area contributed by atoms with E-state index in [2.05, 4.69) is 15.5 Å². The van der Waals surface area contributed by atoms with E-state index in [1.54, 1.807) is 14.2 Å². The zero-order valence-corrected chi connectivity index (χ0v) is 15.9. The molecule has 0 bridgehead atoms. The largest absolute Gasteiger partial charge is 0.497 e. The summed E-state index contributed by atoms with van der Waals surface area (Å²) < 4.78 is 16.3. The van der Waals surface area contributed by atoms with Crippen LogP contribution in [0.4, 0.5) is 0 Å². The number of hydrogen-bond donors (Lipinski definition) is 1. The Hall–Kier alpha value is -3.19. The zero-order chi connectivity index (χ0) is 19.8. The molecule has 0 saturated heterocycles. The zero-order valence-electron chi connectivity index (χ0n) is 15.9. The maximum atomic E-state index is 12.1. The van der Waals surface area contributed by atoms with Crippen molar-refractivity contribution < 1.29 is 18.7 Å². The molecule has 0 aliphatic carbocycles. The van der Waals surface area contributed by atoms with Crippen molar-refractivity contribution in [2.45, 2.75) is 25.5 Å². The quantitative estimate of drug-likeness (QED) is 0.613. The second kappa shape index (κ2) is 9.66.